The van der Waals surface area contributed by atoms with E-state index >= 15 is 0 Å². The van der Waals surface area contributed by atoms with Crippen LogP contribution in [0, 0.1) is 0 Å². The zero-order valence-corrected chi connectivity index (χ0v) is 14.7. The van der Waals surface area contributed by atoms with Crippen molar-refractivity contribution in [3.8, 4) is 0 Å². The van der Waals surface area contributed by atoms with Gasteiger partial charge in [-0.1, -0.05) is 56.3 Å². The summed E-state index contributed by atoms with van der Waals surface area (Å²) in [5.41, 5.74) is 2.53. The molecule has 0 radical (unpaired) electrons. The molecule has 0 bridgehead atoms. The van der Waals surface area contributed by atoms with E-state index in [9.17, 15) is 4.79 Å². The van der Waals surface area contributed by atoms with Crippen LogP contribution in [0.1, 0.15) is 47.2 Å². The van der Waals surface area contributed by atoms with Crippen molar-refractivity contribution in [2.24, 2.45) is 10.2 Å². The van der Waals surface area contributed by atoms with Crippen LogP contribution < -0.4 is 0 Å². The number of Topliss-reactive ketones (excluding diaryl/α,β-unsaturated/α-hetero) is 1. The lowest BCUT2D eigenvalue weighted by Crippen LogP contribution is -2.46. The summed E-state index contributed by atoms with van der Waals surface area (Å²) in [5, 5.41) is 8.77. The molecule has 0 N–H and O–H groups in total. The number of hydrogen-bond donors (Lipinski definition) is 0. The molecule has 0 saturated carbocycles. The summed E-state index contributed by atoms with van der Waals surface area (Å²) < 4.78 is 0. The van der Waals surface area contributed by atoms with Gasteiger partial charge in [0, 0.05) is 22.1 Å². The van der Waals surface area contributed by atoms with Crippen molar-refractivity contribution in [1.29, 1.82) is 0 Å². The van der Waals surface area contributed by atoms with Crippen LogP contribution in [-0.4, -0.2) is 23.6 Å². The van der Waals surface area contributed by atoms with Crippen LogP contribution >= 0.6 is 11.8 Å². The lowest BCUT2D eigenvalue weighted by Gasteiger charge is -2.34. The Kier molecular flexibility index (Phi) is 3.80. The molecule has 2 aromatic rings. The fourth-order valence-electron chi connectivity index (χ4n) is 3.56. The topological polar surface area (TPSA) is 41.8 Å². The van der Waals surface area contributed by atoms with Gasteiger partial charge < -0.3 is 0 Å². The van der Waals surface area contributed by atoms with Crippen LogP contribution in [0.2, 0.25) is 0 Å². The molecule has 1 spiro atoms. The molecule has 2 aliphatic rings. The molecule has 2 heterocycles. The molecule has 0 saturated heterocycles. The zero-order valence-electron chi connectivity index (χ0n) is 13.9. The highest BCUT2D eigenvalue weighted by molar-refractivity contribution is 7.99. The Hall–Kier alpha value is -1.94. The van der Waals surface area contributed by atoms with E-state index in [1.165, 1.54) is 5.56 Å². The summed E-state index contributed by atoms with van der Waals surface area (Å²) in [6.45, 7) is 4.97. The largest absolute Gasteiger partial charge is 0.291 e. The minimum absolute atomic E-state index is 0.0343. The molecule has 2 aromatic carbocycles. The number of carbonyl (C=O) groups is 1. The molecule has 24 heavy (non-hydrogen) atoms. The summed E-state index contributed by atoms with van der Waals surface area (Å²) in [6.07, 6.45) is 0. The van der Waals surface area contributed by atoms with Crippen LogP contribution in [0.15, 0.2) is 63.7 Å². The van der Waals surface area contributed by atoms with E-state index in [0.717, 1.165) is 16.0 Å². The first kappa shape index (κ1) is 15.6. The molecular weight excluding hydrogens is 316 g/mol. The van der Waals surface area contributed by atoms with Gasteiger partial charge in [0.1, 0.15) is 0 Å². The van der Waals surface area contributed by atoms with Crippen molar-refractivity contribution < 1.29 is 4.79 Å². The molecule has 3 nitrogen and oxygen atoms in total. The maximum Gasteiger partial charge on any atom is 0.194 e. The lowest BCUT2D eigenvalue weighted by atomic mass is 9.76. The van der Waals surface area contributed by atoms with Gasteiger partial charge in [0.25, 0.3) is 0 Å². The van der Waals surface area contributed by atoms with Gasteiger partial charge in [-0.15, -0.1) is 11.8 Å². The number of fused-ring (bicyclic) bond motifs is 1. The third-order valence-corrected chi connectivity index (χ3v) is 6.32. The molecular formula is C20H20N2OS. The van der Waals surface area contributed by atoms with Crippen molar-refractivity contribution in [2.45, 2.75) is 36.1 Å². The monoisotopic (exact) mass is 336 g/mol. The highest BCUT2D eigenvalue weighted by Crippen LogP contribution is 2.47. The predicted octanol–water partition coefficient (Wildman–Crippen LogP) is 5.09. The second kappa shape index (κ2) is 5.85. The van der Waals surface area contributed by atoms with E-state index in [2.05, 4.69) is 48.3 Å². The normalized spacial score (nSPS) is 25.5. The van der Waals surface area contributed by atoms with Crippen molar-refractivity contribution in [3.05, 3.63) is 65.2 Å². The number of azo groups is 1. The minimum Gasteiger partial charge on any atom is -0.291 e. The highest BCUT2D eigenvalue weighted by atomic mass is 32.2. The molecule has 0 aromatic heterocycles. The van der Waals surface area contributed by atoms with E-state index in [0.29, 0.717) is 18.2 Å². The molecule has 122 valence electrons. The van der Waals surface area contributed by atoms with E-state index in [-0.39, 0.29) is 11.7 Å². The van der Waals surface area contributed by atoms with Gasteiger partial charge >= 0.3 is 0 Å². The van der Waals surface area contributed by atoms with Crippen molar-refractivity contribution in [3.63, 3.8) is 0 Å². The fourth-order valence-corrected chi connectivity index (χ4v) is 4.82. The Morgan fingerprint density at radius 1 is 1.12 bits per heavy atom. The predicted molar refractivity (Wildman–Crippen MR) is 97.2 cm³/mol. The van der Waals surface area contributed by atoms with E-state index in [4.69, 9.17) is 0 Å². The number of benzene rings is 2. The summed E-state index contributed by atoms with van der Waals surface area (Å²) in [4.78, 5) is 14.3. The van der Waals surface area contributed by atoms with Gasteiger partial charge in [-0.2, -0.15) is 10.2 Å². The Balaban J connectivity index is 1.72. The van der Waals surface area contributed by atoms with Crippen LogP contribution in [0.5, 0.6) is 0 Å². The third-order valence-electron chi connectivity index (χ3n) is 5.07. The maximum atomic E-state index is 13.2. The quantitative estimate of drug-likeness (QED) is 0.767. The van der Waals surface area contributed by atoms with Crippen molar-refractivity contribution in [1.82, 2.24) is 0 Å². The van der Waals surface area contributed by atoms with Gasteiger partial charge in [-0.05, 0) is 23.1 Å². The third kappa shape index (κ3) is 2.32. The van der Waals surface area contributed by atoms with Crippen LogP contribution in [0.25, 0.3) is 0 Å². The first-order valence-corrected chi connectivity index (χ1v) is 9.35. The number of thioether (sulfide) groups is 1. The SMILES string of the molecule is CC(C)c1ccc([C@@H]2CN=N[C@@]23CSc2ccccc2C3=O)cc1. The number of hydrogen-bond acceptors (Lipinski definition) is 4. The Morgan fingerprint density at radius 3 is 2.62 bits per heavy atom. The van der Waals surface area contributed by atoms with Gasteiger partial charge in [0.15, 0.2) is 11.3 Å². The molecule has 0 amide bonds. The second-order valence-electron chi connectivity index (χ2n) is 6.84. The lowest BCUT2D eigenvalue weighted by molar-refractivity contribution is 0.0888. The molecule has 0 unspecified atom stereocenters. The Labute approximate surface area is 146 Å². The molecule has 0 fully saturated rings. The van der Waals surface area contributed by atoms with Gasteiger partial charge in [-0.3, -0.25) is 4.79 Å². The van der Waals surface area contributed by atoms with Crippen molar-refractivity contribution >= 4 is 17.5 Å². The molecule has 4 heteroatoms. The highest BCUT2D eigenvalue weighted by Gasteiger charge is 2.52. The second-order valence-corrected chi connectivity index (χ2v) is 7.85. The van der Waals surface area contributed by atoms with Gasteiger partial charge in [0.05, 0.1) is 6.54 Å². The summed E-state index contributed by atoms with van der Waals surface area (Å²) in [6, 6.07) is 16.5. The number of carbonyl (C=O) groups excluding carboxylic acids is 1. The number of ketones is 1. The number of nitrogens with zero attached hydrogens (tertiary/aromatic N) is 2. The standard InChI is InChI=1S/C20H20N2OS/c1-13(2)14-7-9-15(10-8-14)17-11-21-22-20(17)12-24-18-6-4-3-5-16(18)19(20)23/h3-10,13,17H,11-12H2,1-2H3/t17-,20-/m0/s1. The first-order chi connectivity index (χ1) is 11.6. The number of rotatable bonds is 2. The Bertz CT molecular complexity index is 813. The maximum absolute atomic E-state index is 13.2. The average Bonchev–Trinajstić information content (AvgIpc) is 3.03. The van der Waals surface area contributed by atoms with E-state index < -0.39 is 5.54 Å². The van der Waals surface area contributed by atoms with E-state index in [1.54, 1.807) is 11.8 Å². The van der Waals surface area contributed by atoms with Crippen LogP contribution in [0.3, 0.4) is 0 Å². The van der Waals surface area contributed by atoms with Gasteiger partial charge in [-0.25, -0.2) is 0 Å². The average molecular weight is 336 g/mol. The molecule has 2 aliphatic heterocycles. The van der Waals surface area contributed by atoms with E-state index in [1.807, 2.05) is 24.3 Å². The first-order valence-electron chi connectivity index (χ1n) is 8.37. The Morgan fingerprint density at radius 2 is 1.88 bits per heavy atom. The summed E-state index contributed by atoms with van der Waals surface area (Å²) in [7, 11) is 0. The fraction of sp³-hybridized carbons (Fsp3) is 0.350. The van der Waals surface area contributed by atoms with Gasteiger partial charge in [0.2, 0.25) is 0 Å². The zero-order chi connectivity index (χ0) is 16.7. The smallest absolute Gasteiger partial charge is 0.194 e. The molecule has 4 rings (SSSR count). The molecule has 0 aliphatic carbocycles. The minimum atomic E-state index is -0.738. The van der Waals surface area contributed by atoms with Crippen LogP contribution in [-0.2, 0) is 0 Å². The van der Waals surface area contributed by atoms with Crippen LogP contribution in [0.4, 0.5) is 0 Å². The summed E-state index contributed by atoms with van der Waals surface area (Å²) in [5.74, 6) is 1.33. The summed E-state index contributed by atoms with van der Waals surface area (Å²) >= 11 is 1.72. The molecule has 2 atom stereocenters. The van der Waals surface area contributed by atoms with Crippen molar-refractivity contribution in [2.75, 3.05) is 12.3 Å².